The maximum Gasteiger partial charge on any atom is 0.0914 e. The van der Waals surface area contributed by atoms with Crippen LogP contribution in [-0.4, -0.2) is 10.1 Å². The molecule has 2 nitrogen and oxygen atoms in total. The number of hydrogen-bond acceptors (Lipinski definition) is 2. The molecule has 0 aliphatic heterocycles. The second-order valence-corrected chi connectivity index (χ2v) is 3.24. The van der Waals surface area contributed by atoms with Crippen LogP contribution in [0.4, 0.5) is 0 Å². The van der Waals surface area contributed by atoms with E-state index >= 15 is 0 Å². The van der Waals surface area contributed by atoms with Gasteiger partial charge in [-0.05, 0) is 24.5 Å². The van der Waals surface area contributed by atoms with Crippen LogP contribution in [-0.2, 0) is 5.60 Å². The molecule has 1 aliphatic rings. The fraction of sp³-hybridized carbons (Fsp3) is 0.300. The Hall–Kier alpha value is -1.15. The minimum Gasteiger partial charge on any atom is -0.385 e. The predicted octanol–water partition coefficient (Wildman–Crippen LogP) is 1.71. The maximum absolute atomic E-state index is 9.75. The van der Waals surface area contributed by atoms with E-state index in [9.17, 15) is 5.11 Å². The number of nitrogens with zero attached hydrogens (tertiary/aromatic N) is 1. The van der Waals surface area contributed by atoms with Gasteiger partial charge in [-0.15, -0.1) is 0 Å². The Kier molecular flexibility index (Phi) is 1.51. The van der Waals surface area contributed by atoms with Crippen LogP contribution in [0.1, 0.15) is 24.0 Å². The monoisotopic (exact) mass is 161 g/mol. The van der Waals surface area contributed by atoms with Crippen LogP contribution in [0.25, 0.3) is 6.08 Å². The van der Waals surface area contributed by atoms with Crippen molar-refractivity contribution in [2.45, 2.75) is 18.4 Å². The van der Waals surface area contributed by atoms with Crippen LogP contribution in [0.2, 0.25) is 0 Å². The molecule has 1 N–H and O–H groups in total. The van der Waals surface area contributed by atoms with E-state index < -0.39 is 5.60 Å². The largest absolute Gasteiger partial charge is 0.385 e. The van der Waals surface area contributed by atoms with E-state index in [1.807, 2.05) is 6.07 Å². The van der Waals surface area contributed by atoms with Gasteiger partial charge in [0.1, 0.15) is 0 Å². The quantitative estimate of drug-likeness (QED) is 0.716. The number of aliphatic hydroxyl groups is 1. The fourth-order valence-corrected chi connectivity index (χ4v) is 1.23. The lowest BCUT2D eigenvalue weighted by atomic mass is 10.1. The first-order valence-corrected chi connectivity index (χ1v) is 4.05. The molecule has 12 heavy (non-hydrogen) atoms. The lowest BCUT2D eigenvalue weighted by Gasteiger charge is -2.06. The van der Waals surface area contributed by atoms with Crippen molar-refractivity contribution in [2.24, 2.45) is 0 Å². The SMILES string of the molecule is C=Cc1cncc(C2(O)CC2)c1. The Balaban J connectivity index is 2.38. The molecule has 1 saturated carbocycles. The molecule has 0 radical (unpaired) electrons. The van der Waals surface area contributed by atoms with Gasteiger partial charge < -0.3 is 5.11 Å². The normalized spacial score (nSPS) is 18.8. The molecular formula is C10H11NO. The summed E-state index contributed by atoms with van der Waals surface area (Å²) in [4.78, 5) is 4.03. The number of hydrogen-bond donors (Lipinski definition) is 1. The van der Waals surface area contributed by atoms with Gasteiger partial charge in [0.25, 0.3) is 0 Å². The van der Waals surface area contributed by atoms with Crippen molar-refractivity contribution in [2.75, 3.05) is 0 Å². The van der Waals surface area contributed by atoms with Gasteiger partial charge in [-0.2, -0.15) is 0 Å². The zero-order valence-electron chi connectivity index (χ0n) is 6.83. The molecule has 0 aromatic carbocycles. The summed E-state index contributed by atoms with van der Waals surface area (Å²) >= 11 is 0. The van der Waals surface area contributed by atoms with Crippen molar-refractivity contribution >= 4 is 6.08 Å². The number of pyridine rings is 1. The van der Waals surface area contributed by atoms with Gasteiger partial charge in [-0.3, -0.25) is 4.98 Å². The average molecular weight is 161 g/mol. The summed E-state index contributed by atoms with van der Waals surface area (Å²) in [5, 5.41) is 9.75. The Morgan fingerprint density at radius 3 is 2.83 bits per heavy atom. The van der Waals surface area contributed by atoms with E-state index in [2.05, 4.69) is 11.6 Å². The summed E-state index contributed by atoms with van der Waals surface area (Å²) in [6, 6.07) is 1.94. The molecule has 1 aromatic heterocycles. The maximum atomic E-state index is 9.75. The van der Waals surface area contributed by atoms with Gasteiger partial charge in [0.15, 0.2) is 0 Å². The highest BCUT2D eigenvalue weighted by atomic mass is 16.3. The standard InChI is InChI=1S/C10H11NO/c1-2-8-5-9(7-11-6-8)10(12)3-4-10/h2,5-7,12H,1,3-4H2. The first-order chi connectivity index (χ1) is 5.74. The first kappa shape index (κ1) is 7.50. The van der Waals surface area contributed by atoms with Crippen LogP contribution in [0.3, 0.4) is 0 Å². The second kappa shape index (κ2) is 2.42. The minimum atomic E-state index is -0.577. The van der Waals surface area contributed by atoms with Crippen LogP contribution >= 0.6 is 0 Å². The van der Waals surface area contributed by atoms with Gasteiger partial charge >= 0.3 is 0 Å². The van der Waals surface area contributed by atoms with Crippen molar-refractivity contribution in [3.63, 3.8) is 0 Å². The number of rotatable bonds is 2. The fourth-order valence-electron chi connectivity index (χ4n) is 1.23. The molecule has 0 saturated heterocycles. The summed E-state index contributed by atoms with van der Waals surface area (Å²) in [6.45, 7) is 3.65. The molecular weight excluding hydrogens is 150 g/mol. The third-order valence-electron chi connectivity index (χ3n) is 2.26. The zero-order valence-corrected chi connectivity index (χ0v) is 6.83. The molecule has 1 heterocycles. The molecule has 2 rings (SSSR count). The zero-order chi connectivity index (χ0) is 8.60. The second-order valence-electron chi connectivity index (χ2n) is 3.24. The Bertz CT molecular complexity index is 315. The third kappa shape index (κ3) is 1.14. The molecule has 0 unspecified atom stereocenters. The highest BCUT2D eigenvalue weighted by Gasteiger charge is 2.42. The number of aromatic nitrogens is 1. The van der Waals surface area contributed by atoms with Crippen LogP contribution in [0, 0.1) is 0 Å². The van der Waals surface area contributed by atoms with Gasteiger partial charge in [-0.25, -0.2) is 0 Å². The van der Waals surface area contributed by atoms with Gasteiger partial charge in [0.05, 0.1) is 5.60 Å². The molecule has 0 bridgehead atoms. The van der Waals surface area contributed by atoms with Crippen molar-refractivity contribution < 1.29 is 5.11 Å². The predicted molar refractivity (Wildman–Crippen MR) is 47.5 cm³/mol. The van der Waals surface area contributed by atoms with Crippen molar-refractivity contribution in [3.8, 4) is 0 Å². The Labute approximate surface area is 71.6 Å². The summed E-state index contributed by atoms with van der Waals surface area (Å²) < 4.78 is 0. The van der Waals surface area contributed by atoms with Crippen molar-refractivity contribution in [1.29, 1.82) is 0 Å². The molecule has 1 aliphatic carbocycles. The lowest BCUT2D eigenvalue weighted by molar-refractivity contribution is 0.151. The molecule has 1 aromatic rings. The van der Waals surface area contributed by atoms with Crippen molar-refractivity contribution in [1.82, 2.24) is 4.98 Å². The summed E-state index contributed by atoms with van der Waals surface area (Å²) in [7, 11) is 0. The Morgan fingerprint density at radius 1 is 1.50 bits per heavy atom. The van der Waals surface area contributed by atoms with Gasteiger partial charge in [-0.1, -0.05) is 12.7 Å². The summed E-state index contributed by atoms with van der Waals surface area (Å²) in [6.07, 6.45) is 6.91. The summed E-state index contributed by atoms with van der Waals surface area (Å²) in [5.41, 5.74) is 1.30. The van der Waals surface area contributed by atoms with E-state index in [-0.39, 0.29) is 0 Å². The Morgan fingerprint density at radius 2 is 2.25 bits per heavy atom. The first-order valence-electron chi connectivity index (χ1n) is 4.05. The van der Waals surface area contributed by atoms with Gasteiger partial charge in [0.2, 0.25) is 0 Å². The third-order valence-corrected chi connectivity index (χ3v) is 2.26. The molecule has 62 valence electrons. The highest BCUT2D eigenvalue weighted by molar-refractivity contribution is 5.47. The summed E-state index contributed by atoms with van der Waals surface area (Å²) in [5.74, 6) is 0. The van der Waals surface area contributed by atoms with E-state index in [0.717, 1.165) is 24.0 Å². The van der Waals surface area contributed by atoms with E-state index in [1.54, 1.807) is 18.5 Å². The lowest BCUT2D eigenvalue weighted by Crippen LogP contribution is -2.04. The highest BCUT2D eigenvalue weighted by Crippen LogP contribution is 2.44. The smallest absolute Gasteiger partial charge is 0.0914 e. The molecule has 0 atom stereocenters. The minimum absolute atomic E-state index is 0.577. The van der Waals surface area contributed by atoms with E-state index in [0.29, 0.717) is 0 Å². The average Bonchev–Trinajstić information content (AvgIpc) is 2.85. The van der Waals surface area contributed by atoms with Crippen LogP contribution in [0.15, 0.2) is 25.0 Å². The van der Waals surface area contributed by atoms with Gasteiger partial charge in [0, 0.05) is 18.0 Å². The van der Waals surface area contributed by atoms with Crippen LogP contribution in [0.5, 0.6) is 0 Å². The topological polar surface area (TPSA) is 33.1 Å². The van der Waals surface area contributed by atoms with E-state index in [1.165, 1.54) is 0 Å². The molecule has 2 heteroatoms. The molecule has 0 spiro atoms. The van der Waals surface area contributed by atoms with Crippen LogP contribution < -0.4 is 0 Å². The molecule has 0 amide bonds. The van der Waals surface area contributed by atoms with Crippen molar-refractivity contribution in [3.05, 3.63) is 36.2 Å². The van der Waals surface area contributed by atoms with E-state index in [4.69, 9.17) is 0 Å². The molecule has 1 fully saturated rings.